The number of hydrogen-bond acceptors (Lipinski definition) is 4. The van der Waals surface area contributed by atoms with Gasteiger partial charge in [-0.05, 0) is 18.5 Å². The monoisotopic (exact) mass is 307 g/mol. The highest BCUT2D eigenvalue weighted by Gasteiger charge is 2.32. The van der Waals surface area contributed by atoms with Crippen molar-refractivity contribution in [2.45, 2.75) is 25.4 Å². The molecule has 0 bridgehead atoms. The standard InChI is InChI=1S/C13H30N2O4Si/c1-7-20(17-5,18-6)12-8-9-14-13(16)19-11-10-15(2,3)4/h7-12H2,1-6H3/p+1. The number of hydrogen-bond donors (Lipinski definition) is 1. The van der Waals surface area contributed by atoms with Crippen LogP contribution in [0.1, 0.15) is 13.3 Å². The number of ether oxygens (including phenoxy) is 1. The quantitative estimate of drug-likeness (QED) is 0.378. The van der Waals surface area contributed by atoms with E-state index in [2.05, 4.69) is 33.4 Å². The van der Waals surface area contributed by atoms with Crippen LogP contribution in [0.5, 0.6) is 0 Å². The first-order valence-electron chi connectivity index (χ1n) is 7.10. The molecule has 0 saturated heterocycles. The Labute approximate surface area is 124 Å². The van der Waals surface area contributed by atoms with Crippen molar-refractivity contribution < 1.29 is 22.9 Å². The molecular formula is C13H31N2O4Si+. The van der Waals surface area contributed by atoms with Gasteiger partial charge in [-0.3, -0.25) is 0 Å². The number of carbonyl (C=O) groups excluding carboxylic acids is 1. The van der Waals surface area contributed by atoms with Crippen molar-refractivity contribution in [1.82, 2.24) is 5.32 Å². The zero-order valence-electron chi connectivity index (χ0n) is 13.8. The van der Waals surface area contributed by atoms with Crippen LogP contribution >= 0.6 is 0 Å². The van der Waals surface area contributed by atoms with Gasteiger partial charge in [0.15, 0.2) is 0 Å². The average Bonchev–Trinajstić information content (AvgIpc) is 2.38. The van der Waals surface area contributed by atoms with Crippen molar-refractivity contribution in [1.29, 1.82) is 0 Å². The molecule has 0 rings (SSSR count). The van der Waals surface area contributed by atoms with E-state index in [-0.39, 0.29) is 6.09 Å². The molecule has 0 heterocycles. The minimum atomic E-state index is -2.03. The maximum atomic E-state index is 11.5. The van der Waals surface area contributed by atoms with Crippen molar-refractivity contribution >= 4 is 14.7 Å². The first-order chi connectivity index (χ1) is 9.28. The summed E-state index contributed by atoms with van der Waals surface area (Å²) in [6, 6.07) is 1.78. The summed E-state index contributed by atoms with van der Waals surface area (Å²) >= 11 is 0. The van der Waals surface area contributed by atoms with Gasteiger partial charge in [0.1, 0.15) is 13.2 Å². The lowest BCUT2D eigenvalue weighted by molar-refractivity contribution is -0.870. The third kappa shape index (κ3) is 8.52. The summed E-state index contributed by atoms with van der Waals surface area (Å²) in [5.41, 5.74) is 0. The molecule has 1 amide bonds. The lowest BCUT2D eigenvalue weighted by Crippen LogP contribution is -2.40. The molecule has 7 heteroatoms. The summed E-state index contributed by atoms with van der Waals surface area (Å²) in [7, 11) is 7.55. The van der Waals surface area contributed by atoms with Gasteiger partial charge in [0, 0.05) is 20.8 Å². The van der Waals surface area contributed by atoms with Crippen LogP contribution in [0.25, 0.3) is 0 Å². The van der Waals surface area contributed by atoms with E-state index >= 15 is 0 Å². The molecule has 0 aromatic rings. The van der Waals surface area contributed by atoms with Gasteiger partial charge < -0.3 is 23.4 Å². The third-order valence-corrected chi connectivity index (χ3v) is 6.96. The van der Waals surface area contributed by atoms with Gasteiger partial charge in [-0.1, -0.05) is 6.92 Å². The Morgan fingerprint density at radius 1 is 1.20 bits per heavy atom. The third-order valence-electron chi connectivity index (χ3n) is 3.28. The Kier molecular flexibility index (Phi) is 9.03. The van der Waals surface area contributed by atoms with Gasteiger partial charge in [0.25, 0.3) is 0 Å². The van der Waals surface area contributed by atoms with Gasteiger partial charge >= 0.3 is 14.7 Å². The molecule has 0 aromatic carbocycles. The van der Waals surface area contributed by atoms with Gasteiger partial charge in [-0.15, -0.1) is 0 Å². The summed E-state index contributed by atoms with van der Waals surface area (Å²) in [4.78, 5) is 11.5. The van der Waals surface area contributed by atoms with Crippen LogP contribution < -0.4 is 5.32 Å². The molecule has 1 N–H and O–H groups in total. The topological polar surface area (TPSA) is 56.8 Å². The second-order valence-electron chi connectivity index (χ2n) is 5.85. The van der Waals surface area contributed by atoms with E-state index in [1.807, 2.05) is 0 Å². The summed E-state index contributed by atoms with van der Waals surface area (Å²) in [5, 5.41) is 2.76. The number of alkyl carbamates (subject to hydrolysis) is 1. The predicted molar refractivity (Wildman–Crippen MR) is 81.9 cm³/mol. The fourth-order valence-corrected chi connectivity index (χ4v) is 3.99. The molecule has 0 unspecified atom stereocenters. The molecule has 0 aromatic heterocycles. The molecule has 0 spiro atoms. The zero-order chi connectivity index (χ0) is 15.6. The Balaban J connectivity index is 3.76. The van der Waals surface area contributed by atoms with Crippen LogP contribution in [0.15, 0.2) is 0 Å². The minimum absolute atomic E-state index is 0.350. The van der Waals surface area contributed by atoms with Gasteiger partial charge in [0.05, 0.1) is 21.1 Å². The molecule has 120 valence electrons. The minimum Gasteiger partial charge on any atom is -0.444 e. The Hall–Kier alpha value is -0.633. The molecule has 20 heavy (non-hydrogen) atoms. The zero-order valence-corrected chi connectivity index (χ0v) is 14.8. The van der Waals surface area contributed by atoms with Gasteiger partial charge in [-0.25, -0.2) is 4.79 Å². The molecule has 0 fully saturated rings. The molecular weight excluding hydrogens is 276 g/mol. The first-order valence-corrected chi connectivity index (χ1v) is 9.33. The maximum Gasteiger partial charge on any atom is 0.407 e. The highest BCUT2D eigenvalue weighted by molar-refractivity contribution is 6.67. The van der Waals surface area contributed by atoms with Gasteiger partial charge in [-0.2, -0.15) is 0 Å². The van der Waals surface area contributed by atoms with Crippen LogP contribution in [-0.2, 0) is 13.6 Å². The van der Waals surface area contributed by atoms with Crippen LogP contribution in [-0.4, -0.2) is 74.2 Å². The van der Waals surface area contributed by atoms with E-state index < -0.39 is 8.56 Å². The van der Waals surface area contributed by atoms with E-state index in [1.165, 1.54) is 0 Å². The van der Waals surface area contributed by atoms with Crippen molar-refractivity contribution in [3.63, 3.8) is 0 Å². The maximum absolute atomic E-state index is 11.5. The van der Waals surface area contributed by atoms with Crippen LogP contribution in [0.3, 0.4) is 0 Å². The van der Waals surface area contributed by atoms with Crippen molar-refractivity contribution in [2.24, 2.45) is 0 Å². The number of rotatable bonds is 10. The predicted octanol–water partition coefficient (Wildman–Crippen LogP) is 1.56. The Bertz CT molecular complexity index is 270. The van der Waals surface area contributed by atoms with Crippen molar-refractivity contribution in [3.8, 4) is 0 Å². The second-order valence-corrected chi connectivity index (χ2v) is 9.70. The average molecular weight is 307 g/mol. The normalized spacial score (nSPS) is 12.3. The van der Waals surface area contributed by atoms with E-state index in [1.54, 1.807) is 14.2 Å². The smallest absolute Gasteiger partial charge is 0.407 e. The van der Waals surface area contributed by atoms with E-state index in [0.29, 0.717) is 13.2 Å². The number of quaternary nitrogens is 1. The fourth-order valence-electron chi connectivity index (χ4n) is 1.76. The number of carbonyl (C=O) groups is 1. The van der Waals surface area contributed by atoms with Crippen molar-refractivity contribution in [2.75, 3.05) is 55.1 Å². The van der Waals surface area contributed by atoms with Crippen LogP contribution in [0.2, 0.25) is 12.1 Å². The summed E-state index contributed by atoms with van der Waals surface area (Å²) in [6.07, 6.45) is 0.490. The highest BCUT2D eigenvalue weighted by atomic mass is 28.4. The van der Waals surface area contributed by atoms with E-state index in [9.17, 15) is 4.79 Å². The first kappa shape index (κ1) is 19.4. The number of nitrogens with one attached hydrogen (secondary N) is 1. The molecule has 0 atom stereocenters. The second kappa shape index (κ2) is 9.33. The molecule has 0 aliphatic rings. The van der Waals surface area contributed by atoms with Gasteiger partial charge in [0.2, 0.25) is 0 Å². The molecule has 0 radical (unpaired) electrons. The molecule has 0 aliphatic carbocycles. The lowest BCUT2D eigenvalue weighted by atomic mass is 10.5. The summed E-state index contributed by atoms with van der Waals surface area (Å²) in [6.45, 7) is 3.89. The lowest BCUT2D eigenvalue weighted by Gasteiger charge is -2.26. The summed E-state index contributed by atoms with van der Waals surface area (Å²) in [5.74, 6) is 0. The van der Waals surface area contributed by atoms with E-state index in [4.69, 9.17) is 13.6 Å². The molecule has 0 saturated carbocycles. The Morgan fingerprint density at radius 3 is 2.25 bits per heavy atom. The largest absolute Gasteiger partial charge is 0.444 e. The van der Waals surface area contributed by atoms with Crippen molar-refractivity contribution in [3.05, 3.63) is 0 Å². The van der Waals surface area contributed by atoms with E-state index in [0.717, 1.165) is 29.5 Å². The SMILES string of the molecule is CC[Si](CCCNC(=O)OCC[N+](C)(C)C)(OC)OC. The number of nitrogens with zero attached hydrogens (tertiary/aromatic N) is 1. The molecule has 0 aliphatic heterocycles. The van der Waals surface area contributed by atoms with Crippen LogP contribution in [0.4, 0.5) is 4.79 Å². The van der Waals surface area contributed by atoms with Crippen LogP contribution in [0, 0.1) is 0 Å². The highest BCUT2D eigenvalue weighted by Crippen LogP contribution is 2.18. The Morgan fingerprint density at radius 2 is 1.80 bits per heavy atom. The number of likely N-dealkylation sites (N-methyl/N-ethyl adjacent to an activating group) is 1. The molecule has 6 nitrogen and oxygen atoms in total. The summed E-state index contributed by atoms with van der Waals surface area (Å²) < 4.78 is 16.9. The fraction of sp³-hybridized carbons (Fsp3) is 0.923. The number of amides is 1.